The van der Waals surface area contributed by atoms with E-state index in [0.717, 1.165) is 45.4 Å². The lowest BCUT2D eigenvalue weighted by Gasteiger charge is -2.32. The zero-order valence-corrected chi connectivity index (χ0v) is 10.3. The summed E-state index contributed by atoms with van der Waals surface area (Å²) in [6.07, 6.45) is 3.13. The number of nitrogens with one attached hydrogen (secondary N) is 1. The van der Waals surface area contributed by atoms with Gasteiger partial charge in [0.15, 0.2) is 0 Å². The van der Waals surface area contributed by atoms with Crippen LogP contribution in [0.15, 0.2) is 0 Å². The lowest BCUT2D eigenvalue weighted by Crippen LogP contribution is -2.45. The third kappa shape index (κ3) is 2.51. The molecule has 0 aromatic rings. The average Bonchev–Trinajstić information content (AvgIpc) is 2.70. The zero-order chi connectivity index (χ0) is 11.3. The van der Waals surface area contributed by atoms with E-state index >= 15 is 0 Å². The van der Waals surface area contributed by atoms with Gasteiger partial charge in [-0.2, -0.15) is 0 Å². The van der Waals surface area contributed by atoms with Crippen LogP contribution in [-0.2, 0) is 4.79 Å². The summed E-state index contributed by atoms with van der Waals surface area (Å²) in [5.74, 6) is 0.361. The lowest BCUT2D eigenvalue weighted by atomic mass is 9.81. The molecule has 88 valence electrons. The van der Waals surface area contributed by atoms with Crippen molar-refractivity contribution in [1.82, 2.24) is 10.2 Å². The summed E-state index contributed by atoms with van der Waals surface area (Å²) in [5.41, 5.74) is -0.0965. The Morgan fingerprint density at radius 3 is 2.40 bits per heavy atom. The Balaban J connectivity index is 2.74. The molecule has 0 aliphatic carbocycles. The number of nitrogens with zero attached hydrogens (tertiary/aromatic N) is 1. The number of hydrogen-bond donors (Lipinski definition) is 1. The molecule has 3 nitrogen and oxygen atoms in total. The van der Waals surface area contributed by atoms with Gasteiger partial charge in [0.25, 0.3) is 0 Å². The Bertz CT molecular complexity index is 206. The molecule has 1 N–H and O–H groups in total. The molecule has 0 radical (unpaired) electrons. The Morgan fingerprint density at radius 1 is 1.33 bits per heavy atom. The van der Waals surface area contributed by atoms with Gasteiger partial charge in [-0.1, -0.05) is 13.3 Å². The highest BCUT2D eigenvalue weighted by Gasteiger charge is 2.41. The van der Waals surface area contributed by atoms with Crippen molar-refractivity contribution in [3.05, 3.63) is 0 Å². The summed E-state index contributed by atoms with van der Waals surface area (Å²) in [4.78, 5) is 14.4. The predicted molar refractivity (Wildman–Crippen MR) is 62.8 cm³/mol. The molecule has 1 heterocycles. The van der Waals surface area contributed by atoms with Crippen LogP contribution in [0, 0.1) is 5.41 Å². The van der Waals surface area contributed by atoms with Gasteiger partial charge in [0, 0.05) is 19.6 Å². The fraction of sp³-hybridized carbons (Fsp3) is 0.917. The first kappa shape index (κ1) is 12.5. The second-order valence-corrected chi connectivity index (χ2v) is 4.43. The van der Waals surface area contributed by atoms with Crippen molar-refractivity contribution >= 4 is 5.91 Å². The van der Waals surface area contributed by atoms with E-state index in [1.807, 2.05) is 4.90 Å². The summed E-state index contributed by atoms with van der Waals surface area (Å²) < 4.78 is 0. The third-order valence-corrected chi connectivity index (χ3v) is 3.48. The van der Waals surface area contributed by atoms with Crippen molar-refractivity contribution in [3.63, 3.8) is 0 Å². The Hall–Kier alpha value is -0.570. The van der Waals surface area contributed by atoms with E-state index in [0.29, 0.717) is 5.91 Å². The zero-order valence-electron chi connectivity index (χ0n) is 10.3. The van der Waals surface area contributed by atoms with Gasteiger partial charge in [0.2, 0.25) is 5.91 Å². The Kier molecular flexibility index (Phi) is 4.58. The van der Waals surface area contributed by atoms with Crippen molar-refractivity contribution in [2.45, 2.75) is 40.0 Å². The lowest BCUT2D eigenvalue weighted by molar-refractivity contribution is -0.141. The maximum Gasteiger partial charge on any atom is 0.230 e. The molecule has 15 heavy (non-hydrogen) atoms. The molecule has 1 saturated heterocycles. The molecular formula is C12H24N2O. The molecule has 0 saturated carbocycles. The minimum atomic E-state index is -0.0965. The fourth-order valence-electron chi connectivity index (χ4n) is 2.57. The Labute approximate surface area is 93.2 Å². The molecule has 1 rings (SSSR count). The maximum atomic E-state index is 12.4. The number of amides is 1. The van der Waals surface area contributed by atoms with Crippen LogP contribution < -0.4 is 5.32 Å². The van der Waals surface area contributed by atoms with E-state index in [2.05, 4.69) is 26.1 Å². The number of carbonyl (C=O) groups is 1. The standard InChI is InChI=1S/C12H24N2O/c1-4-7-12(8-9-13-10-12)11(15)14(5-2)6-3/h13H,4-10H2,1-3H3. The van der Waals surface area contributed by atoms with Gasteiger partial charge in [-0.25, -0.2) is 0 Å². The smallest absolute Gasteiger partial charge is 0.230 e. The first-order valence-electron chi connectivity index (χ1n) is 6.20. The second-order valence-electron chi connectivity index (χ2n) is 4.43. The molecule has 0 aromatic heterocycles. The van der Waals surface area contributed by atoms with Gasteiger partial charge in [-0.05, 0) is 33.2 Å². The van der Waals surface area contributed by atoms with Crippen molar-refractivity contribution in [3.8, 4) is 0 Å². The molecule has 1 aliphatic rings. The van der Waals surface area contributed by atoms with E-state index in [1.54, 1.807) is 0 Å². The predicted octanol–water partition coefficient (Wildman–Crippen LogP) is 1.63. The van der Waals surface area contributed by atoms with Crippen LogP contribution in [0.5, 0.6) is 0 Å². The average molecular weight is 212 g/mol. The third-order valence-electron chi connectivity index (χ3n) is 3.48. The van der Waals surface area contributed by atoms with Gasteiger partial charge in [-0.15, -0.1) is 0 Å². The highest BCUT2D eigenvalue weighted by Crippen LogP contribution is 2.33. The molecular weight excluding hydrogens is 188 g/mol. The van der Waals surface area contributed by atoms with Gasteiger partial charge in [0.1, 0.15) is 0 Å². The monoisotopic (exact) mass is 212 g/mol. The largest absolute Gasteiger partial charge is 0.343 e. The van der Waals surface area contributed by atoms with E-state index < -0.39 is 0 Å². The quantitative estimate of drug-likeness (QED) is 0.751. The summed E-state index contributed by atoms with van der Waals surface area (Å²) in [6.45, 7) is 9.81. The number of carbonyl (C=O) groups excluding carboxylic acids is 1. The molecule has 1 unspecified atom stereocenters. The van der Waals surface area contributed by atoms with Gasteiger partial charge in [-0.3, -0.25) is 4.79 Å². The summed E-state index contributed by atoms with van der Waals surface area (Å²) in [6, 6.07) is 0. The normalized spacial score (nSPS) is 25.5. The highest BCUT2D eigenvalue weighted by atomic mass is 16.2. The van der Waals surface area contributed by atoms with Crippen LogP contribution in [0.1, 0.15) is 40.0 Å². The van der Waals surface area contributed by atoms with Crippen LogP contribution in [0.4, 0.5) is 0 Å². The first-order chi connectivity index (χ1) is 7.20. The van der Waals surface area contributed by atoms with Gasteiger partial charge < -0.3 is 10.2 Å². The Morgan fingerprint density at radius 2 is 2.00 bits per heavy atom. The molecule has 0 bridgehead atoms. The van der Waals surface area contributed by atoms with Crippen LogP contribution in [-0.4, -0.2) is 37.0 Å². The van der Waals surface area contributed by atoms with Crippen molar-refractivity contribution in [2.24, 2.45) is 5.41 Å². The van der Waals surface area contributed by atoms with E-state index in [4.69, 9.17) is 0 Å². The molecule has 1 fully saturated rings. The number of hydrogen-bond acceptors (Lipinski definition) is 2. The molecule has 1 amide bonds. The molecule has 0 aromatic carbocycles. The first-order valence-corrected chi connectivity index (χ1v) is 6.20. The SMILES string of the molecule is CCCC1(C(=O)N(CC)CC)CCNC1. The highest BCUT2D eigenvalue weighted by molar-refractivity contribution is 5.83. The van der Waals surface area contributed by atoms with Crippen molar-refractivity contribution in [2.75, 3.05) is 26.2 Å². The van der Waals surface area contributed by atoms with Crippen molar-refractivity contribution < 1.29 is 4.79 Å². The van der Waals surface area contributed by atoms with Crippen LogP contribution in [0.2, 0.25) is 0 Å². The fourth-order valence-corrected chi connectivity index (χ4v) is 2.57. The van der Waals surface area contributed by atoms with Crippen molar-refractivity contribution in [1.29, 1.82) is 0 Å². The summed E-state index contributed by atoms with van der Waals surface area (Å²) in [5, 5.41) is 3.33. The summed E-state index contributed by atoms with van der Waals surface area (Å²) >= 11 is 0. The van der Waals surface area contributed by atoms with Gasteiger partial charge >= 0.3 is 0 Å². The summed E-state index contributed by atoms with van der Waals surface area (Å²) in [7, 11) is 0. The van der Waals surface area contributed by atoms with E-state index in [9.17, 15) is 4.79 Å². The minimum absolute atomic E-state index is 0.0965. The van der Waals surface area contributed by atoms with E-state index in [-0.39, 0.29) is 5.41 Å². The van der Waals surface area contributed by atoms with Crippen LogP contribution in [0.3, 0.4) is 0 Å². The molecule has 3 heteroatoms. The number of rotatable bonds is 5. The molecule has 1 aliphatic heterocycles. The van der Waals surface area contributed by atoms with Crippen LogP contribution in [0.25, 0.3) is 0 Å². The molecule has 1 atom stereocenters. The van der Waals surface area contributed by atoms with E-state index in [1.165, 1.54) is 0 Å². The molecule has 0 spiro atoms. The maximum absolute atomic E-state index is 12.4. The van der Waals surface area contributed by atoms with Crippen LogP contribution >= 0.6 is 0 Å². The topological polar surface area (TPSA) is 32.3 Å². The van der Waals surface area contributed by atoms with Gasteiger partial charge in [0.05, 0.1) is 5.41 Å². The minimum Gasteiger partial charge on any atom is -0.343 e. The second kappa shape index (κ2) is 5.50.